The summed E-state index contributed by atoms with van der Waals surface area (Å²) in [5.74, 6) is 1.70. The standard InChI is InChI=1S/C9H20N2S/c10-7-9-3-1-2-4-11(8-9)5-6-12/h9,12H,1-8,10H2. The van der Waals surface area contributed by atoms with E-state index in [4.69, 9.17) is 5.73 Å². The Balaban J connectivity index is 2.31. The molecule has 1 fully saturated rings. The van der Waals surface area contributed by atoms with Crippen molar-refractivity contribution in [3.63, 3.8) is 0 Å². The summed E-state index contributed by atoms with van der Waals surface area (Å²) >= 11 is 4.25. The van der Waals surface area contributed by atoms with E-state index >= 15 is 0 Å². The van der Waals surface area contributed by atoms with E-state index in [1.54, 1.807) is 0 Å². The van der Waals surface area contributed by atoms with Crippen LogP contribution in [-0.4, -0.2) is 36.8 Å². The van der Waals surface area contributed by atoms with Crippen LogP contribution < -0.4 is 5.73 Å². The molecule has 0 aromatic rings. The highest BCUT2D eigenvalue weighted by molar-refractivity contribution is 7.80. The van der Waals surface area contributed by atoms with Crippen LogP contribution in [0.1, 0.15) is 19.3 Å². The largest absolute Gasteiger partial charge is 0.330 e. The first-order valence-corrected chi connectivity index (χ1v) is 5.53. The first kappa shape index (κ1) is 10.4. The van der Waals surface area contributed by atoms with Crippen LogP contribution >= 0.6 is 12.6 Å². The normalized spacial score (nSPS) is 27.0. The summed E-state index contributed by atoms with van der Waals surface area (Å²) in [5.41, 5.74) is 5.69. The summed E-state index contributed by atoms with van der Waals surface area (Å²) in [5, 5.41) is 0. The van der Waals surface area contributed by atoms with Crippen LogP contribution in [0.3, 0.4) is 0 Å². The smallest absolute Gasteiger partial charge is 0.00700 e. The number of rotatable bonds is 3. The first-order chi connectivity index (χ1) is 5.86. The Morgan fingerprint density at radius 1 is 1.42 bits per heavy atom. The Bertz CT molecular complexity index is 119. The van der Waals surface area contributed by atoms with Gasteiger partial charge >= 0.3 is 0 Å². The molecule has 1 atom stereocenters. The van der Waals surface area contributed by atoms with Gasteiger partial charge in [0.15, 0.2) is 0 Å². The van der Waals surface area contributed by atoms with E-state index in [-0.39, 0.29) is 0 Å². The Hall–Kier alpha value is 0.270. The zero-order valence-corrected chi connectivity index (χ0v) is 8.60. The average Bonchev–Trinajstić information content (AvgIpc) is 2.30. The van der Waals surface area contributed by atoms with E-state index in [1.807, 2.05) is 0 Å². The van der Waals surface area contributed by atoms with E-state index in [0.717, 1.165) is 24.8 Å². The summed E-state index contributed by atoms with van der Waals surface area (Å²) in [4.78, 5) is 2.50. The van der Waals surface area contributed by atoms with Crippen LogP contribution in [0, 0.1) is 5.92 Å². The molecule has 1 heterocycles. The maximum Gasteiger partial charge on any atom is 0.00700 e. The second-order valence-electron chi connectivity index (χ2n) is 3.62. The number of hydrogen-bond donors (Lipinski definition) is 2. The number of nitrogens with zero attached hydrogens (tertiary/aromatic N) is 1. The predicted molar refractivity (Wildman–Crippen MR) is 56.7 cm³/mol. The van der Waals surface area contributed by atoms with Gasteiger partial charge in [-0.25, -0.2) is 0 Å². The van der Waals surface area contributed by atoms with Crippen molar-refractivity contribution < 1.29 is 0 Å². The van der Waals surface area contributed by atoms with Crippen LogP contribution in [0.25, 0.3) is 0 Å². The fourth-order valence-corrected chi connectivity index (χ4v) is 2.14. The van der Waals surface area contributed by atoms with Crippen molar-refractivity contribution in [3.05, 3.63) is 0 Å². The molecule has 0 spiro atoms. The molecule has 0 aromatic carbocycles. The average molecular weight is 188 g/mol. The molecule has 2 N–H and O–H groups in total. The van der Waals surface area contributed by atoms with Gasteiger partial charge in [0, 0.05) is 18.8 Å². The molecular weight excluding hydrogens is 168 g/mol. The van der Waals surface area contributed by atoms with Crippen molar-refractivity contribution in [2.24, 2.45) is 11.7 Å². The lowest BCUT2D eigenvalue weighted by atomic mass is 10.0. The summed E-state index contributed by atoms with van der Waals surface area (Å²) in [6.45, 7) is 4.41. The quantitative estimate of drug-likeness (QED) is 0.647. The third-order valence-electron chi connectivity index (χ3n) is 2.60. The molecule has 0 aromatic heterocycles. The lowest BCUT2D eigenvalue weighted by Crippen LogP contribution is -2.32. The van der Waals surface area contributed by atoms with E-state index in [0.29, 0.717) is 0 Å². The van der Waals surface area contributed by atoms with Crippen LogP contribution in [-0.2, 0) is 0 Å². The summed E-state index contributed by atoms with van der Waals surface area (Å²) < 4.78 is 0. The van der Waals surface area contributed by atoms with Gasteiger partial charge in [-0.05, 0) is 31.8 Å². The molecule has 3 heteroatoms. The van der Waals surface area contributed by atoms with Gasteiger partial charge < -0.3 is 10.6 Å². The number of thiol groups is 1. The molecule has 72 valence electrons. The van der Waals surface area contributed by atoms with Crippen LogP contribution in [0.4, 0.5) is 0 Å². The molecule has 12 heavy (non-hydrogen) atoms. The molecule has 1 rings (SSSR count). The molecule has 0 aliphatic carbocycles. The first-order valence-electron chi connectivity index (χ1n) is 4.90. The Morgan fingerprint density at radius 2 is 2.25 bits per heavy atom. The molecule has 0 radical (unpaired) electrons. The SMILES string of the molecule is NCC1CCCCN(CCS)C1. The van der Waals surface area contributed by atoms with Crippen molar-refractivity contribution in [3.8, 4) is 0 Å². The lowest BCUT2D eigenvalue weighted by Gasteiger charge is -2.22. The van der Waals surface area contributed by atoms with Crippen molar-refractivity contribution in [2.75, 3.05) is 31.9 Å². The van der Waals surface area contributed by atoms with Crippen LogP contribution in [0.15, 0.2) is 0 Å². The van der Waals surface area contributed by atoms with Gasteiger partial charge in [-0.1, -0.05) is 6.42 Å². The highest BCUT2D eigenvalue weighted by atomic mass is 32.1. The molecule has 0 saturated carbocycles. The van der Waals surface area contributed by atoms with Crippen LogP contribution in [0.5, 0.6) is 0 Å². The molecule has 1 aliphatic heterocycles. The van der Waals surface area contributed by atoms with Crippen molar-refractivity contribution in [1.82, 2.24) is 4.90 Å². The summed E-state index contributed by atoms with van der Waals surface area (Å²) in [6, 6.07) is 0. The van der Waals surface area contributed by atoms with Gasteiger partial charge in [0.25, 0.3) is 0 Å². The van der Waals surface area contributed by atoms with E-state index < -0.39 is 0 Å². The van der Waals surface area contributed by atoms with Gasteiger partial charge in [0.2, 0.25) is 0 Å². The number of nitrogens with two attached hydrogens (primary N) is 1. The monoisotopic (exact) mass is 188 g/mol. The predicted octanol–water partition coefficient (Wildman–Crippen LogP) is 0.977. The zero-order valence-electron chi connectivity index (χ0n) is 7.71. The molecule has 0 bridgehead atoms. The maximum absolute atomic E-state index is 5.69. The van der Waals surface area contributed by atoms with E-state index in [2.05, 4.69) is 17.5 Å². The second kappa shape index (κ2) is 5.84. The van der Waals surface area contributed by atoms with Crippen molar-refractivity contribution >= 4 is 12.6 Å². The molecule has 1 unspecified atom stereocenters. The Kier molecular flexibility index (Phi) is 5.04. The highest BCUT2D eigenvalue weighted by Gasteiger charge is 2.15. The van der Waals surface area contributed by atoms with E-state index in [1.165, 1.54) is 32.4 Å². The van der Waals surface area contributed by atoms with E-state index in [9.17, 15) is 0 Å². The fourth-order valence-electron chi connectivity index (χ4n) is 1.85. The lowest BCUT2D eigenvalue weighted by molar-refractivity contribution is 0.266. The molecule has 1 saturated heterocycles. The van der Waals surface area contributed by atoms with Gasteiger partial charge in [0.05, 0.1) is 0 Å². The third kappa shape index (κ3) is 3.33. The van der Waals surface area contributed by atoms with Gasteiger partial charge in [0.1, 0.15) is 0 Å². The maximum atomic E-state index is 5.69. The van der Waals surface area contributed by atoms with Gasteiger partial charge in [-0.15, -0.1) is 0 Å². The molecule has 2 nitrogen and oxygen atoms in total. The third-order valence-corrected chi connectivity index (χ3v) is 2.80. The summed E-state index contributed by atoms with van der Waals surface area (Å²) in [6.07, 6.45) is 4.01. The second-order valence-corrected chi connectivity index (χ2v) is 4.07. The fraction of sp³-hybridized carbons (Fsp3) is 1.00. The van der Waals surface area contributed by atoms with Crippen molar-refractivity contribution in [1.29, 1.82) is 0 Å². The minimum absolute atomic E-state index is 0.729. The molecule has 0 amide bonds. The Morgan fingerprint density at radius 3 is 2.92 bits per heavy atom. The topological polar surface area (TPSA) is 29.3 Å². The minimum atomic E-state index is 0.729. The number of likely N-dealkylation sites (tertiary alicyclic amines) is 1. The van der Waals surface area contributed by atoms with Crippen LogP contribution in [0.2, 0.25) is 0 Å². The summed E-state index contributed by atoms with van der Waals surface area (Å²) in [7, 11) is 0. The molecular formula is C9H20N2S. The van der Waals surface area contributed by atoms with Gasteiger partial charge in [-0.3, -0.25) is 0 Å². The highest BCUT2D eigenvalue weighted by Crippen LogP contribution is 2.14. The molecule has 1 aliphatic rings. The minimum Gasteiger partial charge on any atom is -0.330 e. The van der Waals surface area contributed by atoms with Gasteiger partial charge in [-0.2, -0.15) is 12.6 Å². The van der Waals surface area contributed by atoms with Crippen molar-refractivity contribution in [2.45, 2.75) is 19.3 Å². The Labute approximate surface area is 80.9 Å². The number of hydrogen-bond acceptors (Lipinski definition) is 3. The zero-order chi connectivity index (χ0) is 8.81.